The fourth-order valence-electron chi connectivity index (χ4n) is 1.22. The first kappa shape index (κ1) is 12.2. The van der Waals surface area contributed by atoms with Crippen molar-refractivity contribution < 1.29 is 9.63 Å². The summed E-state index contributed by atoms with van der Waals surface area (Å²) in [4.78, 5) is 0. The molecule has 78 valence electrons. The number of halogens is 2. The summed E-state index contributed by atoms with van der Waals surface area (Å²) in [5.41, 5.74) is 0.862. The molecule has 0 bridgehead atoms. The maximum atomic E-state index is 7.16. The van der Waals surface area contributed by atoms with E-state index in [4.69, 9.17) is 32.8 Å². The van der Waals surface area contributed by atoms with Gasteiger partial charge in [-0.25, -0.2) is 4.52 Å². The maximum Gasteiger partial charge on any atom is 0.146 e. The molecule has 2 N–H and O–H groups in total. The molecule has 2 atom stereocenters. The first-order valence-electron chi connectivity index (χ1n) is 4.19. The molecule has 0 amide bonds. The minimum absolute atomic E-state index is 0.128. The van der Waals surface area contributed by atoms with Crippen LogP contribution in [0.15, 0.2) is 18.2 Å². The van der Waals surface area contributed by atoms with Crippen LogP contribution in [0.5, 0.6) is 0 Å². The van der Waals surface area contributed by atoms with Crippen LogP contribution in [-0.4, -0.2) is 11.7 Å². The van der Waals surface area contributed by atoms with Crippen LogP contribution in [0.3, 0.4) is 0 Å². The van der Waals surface area contributed by atoms with Crippen LogP contribution in [0, 0.1) is 0 Å². The van der Waals surface area contributed by atoms with E-state index in [2.05, 4.69) is 0 Å². The molecule has 14 heavy (non-hydrogen) atoms. The first-order valence-corrected chi connectivity index (χ1v) is 5.52. The predicted octanol–water partition coefficient (Wildman–Crippen LogP) is 2.69. The molecule has 2 nitrogen and oxygen atoms in total. The van der Waals surface area contributed by atoms with Crippen LogP contribution in [0.1, 0.15) is 18.1 Å². The van der Waals surface area contributed by atoms with E-state index in [9.17, 15) is 0 Å². The largest absolute Gasteiger partial charge is 0.445 e. The Kier molecular flexibility index (Phi) is 5.14. The molecule has 1 rings (SSSR count). The second-order valence-electron chi connectivity index (χ2n) is 2.86. The van der Waals surface area contributed by atoms with E-state index >= 15 is 0 Å². The summed E-state index contributed by atoms with van der Waals surface area (Å²) in [5.74, 6) is 0. The van der Waals surface area contributed by atoms with Crippen molar-refractivity contribution in [3.63, 3.8) is 0 Å². The molecule has 2 unspecified atom stereocenters. The topological polar surface area (TPSA) is 32.1 Å². The highest BCUT2D eigenvalue weighted by atomic mass is 35.5. The fraction of sp³-hybridized carbons (Fsp3) is 0.333. The monoisotopic (exact) mass is 254 g/mol. The van der Waals surface area contributed by atoms with Gasteiger partial charge in [0.05, 0.1) is 6.42 Å². The zero-order valence-corrected chi connectivity index (χ0v) is 10.5. The van der Waals surface area contributed by atoms with Crippen LogP contribution in [0.25, 0.3) is 0 Å². The van der Waals surface area contributed by atoms with Gasteiger partial charge in [-0.15, -0.1) is 0 Å². The number of hydrogen-bond acceptors (Lipinski definition) is 1. The molecular formula is C9H13Cl2O2P+2. The Morgan fingerprint density at radius 1 is 1.43 bits per heavy atom. The second kappa shape index (κ2) is 5.89. The summed E-state index contributed by atoms with van der Waals surface area (Å²) in [5, 5.41) is 8.43. The van der Waals surface area contributed by atoms with Crippen LogP contribution in [0.2, 0.25) is 10.0 Å². The van der Waals surface area contributed by atoms with Crippen molar-refractivity contribution in [1.29, 1.82) is 0 Å². The number of hydrogen-bond donors (Lipinski definition) is 0. The summed E-state index contributed by atoms with van der Waals surface area (Å²) in [6.07, 6.45) is 0.501. The Hall–Kier alpha value is 0.150. The molecule has 0 heterocycles. The molecule has 5 heteroatoms. The van der Waals surface area contributed by atoms with Crippen molar-refractivity contribution in [2.45, 2.75) is 12.5 Å². The summed E-state index contributed by atoms with van der Waals surface area (Å²) >= 11 is 11.9. The molecule has 1 aromatic carbocycles. The maximum absolute atomic E-state index is 7.16. The Morgan fingerprint density at radius 2 is 2.14 bits per heavy atom. The van der Waals surface area contributed by atoms with E-state index < -0.39 is 0 Å². The van der Waals surface area contributed by atoms with Gasteiger partial charge in [-0.1, -0.05) is 23.2 Å². The highest BCUT2D eigenvalue weighted by molar-refractivity contribution is 7.09. The quantitative estimate of drug-likeness (QED) is 0.601. The molecule has 0 radical (unpaired) electrons. The van der Waals surface area contributed by atoms with Crippen molar-refractivity contribution in [2.75, 3.05) is 6.61 Å². The number of benzene rings is 1. The predicted molar refractivity (Wildman–Crippen MR) is 64.5 cm³/mol. The molecule has 1 aromatic rings. The molecule has 0 aliphatic rings. The van der Waals surface area contributed by atoms with E-state index in [-0.39, 0.29) is 6.10 Å². The average Bonchev–Trinajstić information content (AvgIpc) is 2.18. The van der Waals surface area contributed by atoms with Gasteiger partial charge in [-0.05, 0) is 18.2 Å². The Labute approximate surface area is 95.5 Å². The number of rotatable bonds is 4. The van der Waals surface area contributed by atoms with Gasteiger partial charge in [0.1, 0.15) is 22.2 Å². The lowest BCUT2D eigenvalue weighted by molar-refractivity contribution is 0.179. The van der Waals surface area contributed by atoms with Gasteiger partial charge in [0, 0.05) is 15.6 Å². The highest BCUT2D eigenvalue weighted by Gasteiger charge is 2.17. The highest BCUT2D eigenvalue weighted by Crippen LogP contribution is 2.31. The van der Waals surface area contributed by atoms with E-state index in [1.54, 1.807) is 18.2 Å². The third-order valence-corrected chi connectivity index (χ3v) is 2.89. The Bertz CT molecular complexity index is 307. The Morgan fingerprint density at radius 3 is 2.71 bits per heavy atom. The zero-order valence-electron chi connectivity index (χ0n) is 7.59. The van der Waals surface area contributed by atoms with Crippen LogP contribution >= 0.6 is 32.7 Å². The summed E-state index contributed by atoms with van der Waals surface area (Å²) in [7, 11) is 1.41. The van der Waals surface area contributed by atoms with E-state index in [1.807, 2.05) is 0 Å². The van der Waals surface area contributed by atoms with Crippen molar-refractivity contribution in [3.8, 4) is 0 Å². The molecule has 0 saturated carbocycles. The molecular weight excluding hydrogens is 242 g/mol. The molecule has 0 aliphatic heterocycles. The minimum atomic E-state index is -0.128. The van der Waals surface area contributed by atoms with E-state index in [0.717, 1.165) is 5.56 Å². The van der Waals surface area contributed by atoms with E-state index in [1.165, 1.54) is 9.47 Å². The van der Waals surface area contributed by atoms with Gasteiger partial charge in [-0.2, -0.15) is 0 Å². The van der Waals surface area contributed by atoms with Gasteiger partial charge in [0.25, 0.3) is 0 Å². The van der Waals surface area contributed by atoms with Gasteiger partial charge in [0.2, 0.25) is 0 Å². The SMILES string of the molecule is [OH2+]CCC(O[PH3+])c1cc(Cl)ccc1Cl. The molecule has 0 aliphatic carbocycles. The van der Waals surface area contributed by atoms with Gasteiger partial charge >= 0.3 is 0 Å². The molecule has 0 aromatic heterocycles. The second-order valence-corrected chi connectivity index (χ2v) is 4.04. The van der Waals surface area contributed by atoms with Gasteiger partial charge in [0.15, 0.2) is 0 Å². The minimum Gasteiger partial charge on any atom is -0.445 e. The van der Waals surface area contributed by atoms with Gasteiger partial charge in [-0.3, -0.25) is 0 Å². The summed E-state index contributed by atoms with van der Waals surface area (Å²) in [6.45, 7) is 0.311. The van der Waals surface area contributed by atoms with Crippen molar-refractivity contribution >= 4 is 32.7 Å². The molecule has 0 fully saturated rings. The van der Waals surface area contributed by atoms with Crippen molar-refractivity contribution in [3.05, 3.63) is 33.8 Å². The smallest absolute Gasteiger partial charge is 0.146 e. The lowest BCUT2D eigenvalue weighted by atomic mass is 10.1. The van der Waals surface area contributed by atoms with Crippen LogP contribution in [0.4, 0.5) is 0 Å². The third-order valence-electron chi connectivity index (χ3n) is 1.91. The normalized spacial score (nSPS) is 13.1. The lowest BCUT2D eigenvalue weighted by Crippen LogP contribution is -2.02. The van der Waals surface area contributed by atoms with Crippen molar-refractivity contribution in [2.24, 2.45) is 0 Å². The fourth-order valence-corrected chi connectivity index (χ4v) is 1.99. The van der Waals surface area contributed by atoms with Gasteiger partial charge < -0.3 is 5.11 Å². The average molecular weight is 255 g/mol. The van der Waals surface area contributed by atoms with Crippen molar-refractivity contribution in [1.82, 2.24) is 0 Å². The zero-order chi connectivity index (χ0) is 10.6. The first-order chi connectivity index (χ1) is 6.69. The third kappa shape index (κ3) is 3.08. The summed E-state index contributed by atoms with van der Waals surface area (Å²) < 4.78 is 5.28. The standard InChI is InChI=1S/C9H12Cl2O2P/c10-6-1-2-8(11)7(5-6)9(13-14)3-4-12/h1-2,5,9,12H,3-4H2,14H3/q+1/p+1. The van der Waals surface area contributed by atoms with Crippen LogP contribution in [-0.2, 0) is 4.52 Å². The molecule has 0 saturated heterocycles. The Balaban J connectivity index is 2.96. The van der Waals surface area contributed by atoms with E-state index in [0.29, 0.717) is 23.1 Å². The lowest BCUT2D eigenvalue weighted by Gasteiger charge is -2.11. The van der Waals surface area contributed by atoms with Crippen LogP contribution < -0.4 is 0 Å². The molecule has 0 spiro atoms. The summed E-state index contributed by atoms with van der Waals surface area (Å²) in [6, 6.07) is 5.28.